The first-order valence-electron chi connectivity index (χ1n) is 8.02. The van der Waals surface area contributed by atoms with Crippen molar-refractivity contribution in [1.29, 1.82) is 0 Å². The molecule has 6 heteroatoms. The number of hydrogen-bond donors (Lipinski definition) is 2. The topological polar surface area (TPSA) is 79.2 Å². The van der Waals surface area contributed by atoms with Crippen LogP contribution >= 0.6 is 0 Å². The van der Waals surface area contributed by atoms with Gasteiger partial charge in [-0.3, -0.25) is 0 Å². The van der Waals surface area contributed by atoms with E-state index in [0.717, 1.165) is 5.69 Å². The van der Waals surface area contributed by atoms with Crippen LogP contribution in [0, 0.1) is 0 Å². The molecular weight excluding hydrogens is 318 g/mol. The number of azo groups is 1. The lowest BCUT2D eigenvalue weighted by atomic mass is 10.0. The minimum atomic E-state index is -0.0483. The lowest BCUT2D eigenvalue weighted by Gasteiger charge is -2.07. The number of nitrogens with one attached hydrogen (secondary N) is 1. The van der Waals surface area contributed by atoms with E-state index in [2.05, 4.69) is 29.1 Å². The van der Waals surface area contributed by atoms with Crippen LogP contribution < -0.4 is 9.47 Å². The van der Waals surface area contributed by atoms with Crippen LogP contribution in [-0.4, -0.2) is 24.3 Å². The van der Waals surface area contributed by atoms with Gasteiger partial charge in [-0.15, -0.1) is 5.11 Å². The summed E-state index contributed by atoms with van der Waals surface area (Å²) in [5.74, 6) is 1.55. The first-order chi connectivity index (χ1) is 12.0. The molecule has 0 radical (unpaired) electrons. The molecule has 0 saturated carbocycles. The van der Waals surface area contributed by atoms with Gasteiger partial charge in [-0.2, -0.15) is 5.11 Å². The quantitative estimate of drug-likeness (QED) is 0.608. The summed E-state index contributed by atoms with van der Waals surface area (Å²) in [6.07, 6.45) is 0. The first-order valence-corrected chi connectivity index (χ1v) is 8.02. The maximum atomic E-state index is 10.2. The minimum absolute atomic E-state index is 0.0483. The number of nitrogens with zero attached hydrogens (tertiary/aromatic N) is 2. The number of hydrogen-bond acceptors (Lipinski definition) is 5. The van der Waals surface area contributed by atoms with Gasteiger partial charge in [0, 0.05) is 11.5 Å². The van der Waals surface area contributed by atoms with Gasteiger partial charge in [0.25, 0.3) is 0 Å². The van der Waals surface area contributed by atoms with Gasteiger partial charge >= 0.3 is 0 Å². The maximum Gasteiger partial charge on any atom is 0.218 e. The molecule has 0 aliphatic carbocycles. The Morgan fingerprint density at radius 2 is 1.60 bits per heavy atom. The fourth-order valence-electron chi connectivity index (χ4n) is 2.63. The molecule has 2 N–H and O–H groups in total. The number of aromatic nitrogens is 1. The molecule has 130 valence electrons. The molecule has 0 atom stereocenters. The summed E-state index contributed by atoms with van der Waals surface area (Å²) in [7, 11) is 3.13. The van der Waals surface area contributed by atoms with Crippen LogP contribution in [0.5, 0.6) is 17.4 Å². The number of methoxy groups -OCH3 is 2. The van der Waals surface area contributed by atoms with Crippen LogP contribution in [0.3, 0.4) is 0 Å². The van der Waals surface area contributed by atoms with E-state index in [-0.39, 0.29) is 5.88 Å². The van der Waals surface area contributed by atoms with Gasteiger partial charge in [-0.1, -0.05) is 26.0 Å². The highest BCUT2D eigenvalue weighted by molar-refractivity contribution is 5.96. The third-order valence-corrected chi connectivity index (χ3v) is 4.08. The van der Waals surface area contributed by atoms with Crippen molar-refractivity contribution in [2.45, 2.75) is 19.8 Å². The zero-order valence-electron chi connectivity index (χ0n) is 14.7. The van der Waals surface area contributed by atoms with E-state index < -0.39 is 0 Å². The third-order valence-electron chi connectivity index (χ3n) is 4.08. The van der Waals surface area contributed by atoms with Crippen LogP contribution in [0.2, 0.25) is 0 Å². The SMILES string of the molecule is COc1cc2[nH]c(O)c(N=Nc3ccc(C(C)C)cc3)c2cc1OC. The summed E-state index contributed by atoms with van der Waals surface area (Å²) in [5.41, 5.74) is 3.02. The second kappa shape index (κ2) is 6.84. The lowest BCUT2D eigenvalue weighted by Crippen LogP contribution is -1.89. The summed E-state index contributed by atoms with van der Waals surface area (Å²) in [5, 5.41) is 19.3. The second-order valence-corrected chi connectivity index (χ2v) is 6.02. The zero-order chi connectivity index (χ0) is 18.0. The first kappa shape index (κ1) is 16.8. The number of aromatic amines is 1. The predicted octanol–water partition coefficient (Wildman–Crippen LogP) is 5.43. The minimum Gasteiger partial charge on any atom is -0.493 e. The Morgan fingerprint density at radius 3 is 2.20 bits per heavy atom. The Morgan fingerprint density at radius 1 is 0.960 bits per heavy atom. The molecule has 0 spiro atoms. The molecule has 2 aromatic carbocycles. The van der Waals surface area contributed by atoms with E-state index in [1.165, 1.54) is 5.56 Å². The second-order valence-electron chi connectivity index (χ2n) is 6.02. The van der Waals surface area contributed by atoms with E-state index in [4.69, 9.17) is 9.47 Å². The summed E-state index contributed by atoms with van der Waals surface area (Å²) in [6, 6.07) is 11.4. The lowest BCUT2D eigenvalue weighted by molar-refractivity contribution is 0.356. The van der Waals surface area contributed by atoms with Crippen molar-refractivity contribution in [3.63, 3.8) is 0 Å². The number of ether oxygens (including phenoxy) is 2. The number of aromatic hydroxyl groups is 1. The molecule has 0 amide bonds. The Hall–Kier alpha value is -3.02. The van der Waals surface area contributed by atoms with Gasteiger partial charge in [0.15, 0.2) is 17.2 Å². The van der Waals surface area contributed by atoms with Crippen molar-refractivity contribution in [3.8, 4) is 17.4 Å². The number of H-pyrrole nitrogens is 1. The molecule has 0 saturated heterocycles. The Kier molecular flexibility index (Phi) is 4.61. The van der Waals surface area contributed by atoms with Crippen LogP contribution in [0.1, 0.15) is 25.3 Å². The van der Waals surface area contributed by atoms with Gasteiger partial charge in [0.05, 0.1) is 25.4 Å². The molecule has 6 nitrogen and oxygen atoms in total. The Labute approximate surface area is 146 Å². The van der Waals surface area contributed by atoms with E-state index in [1.807, 2.05) is 24.3 Å². The van der Waals surface area contributed by atoms with E-state index in [1.54, 1.807) is 26.4 Å². The summed E-state index contributed by atoms with van der Waals surface area (Å²) < 4.78 is 10.6. The molecule has 1 heterocycles. The highest BCUT2D eigenvalue weighted by atomic mass is 16.5. The molecule has 0 aliphatic heterocycles. The molecule has 0 bridgehead atoms. The van der Waals surface area contributed by atoms with Crippen molar-refractivity contribution >= 4 is 22.3 Å². The van der Waals surface area contributed by atoms with E-state index >= 15 is 0 Å². The molecule has 1 aromatic heterocycles. The highest BCUT2D eigenvalue weighted by Gasteiger charge is 2.15. The fourth-order valence-corrected chi connectivity index (χ4v) is 2.63. The van der Waals surface area contributed by atoms with Crippen molar-refractivity contribution < 1.29 is 14.6 Å². The molecule has 3 rings (SSSR count). The van der Waals surface area contributed by atoms with Crippen LogP contribution in [0.15, 0.2) is 46.6 Å². The van der Waals surface area contributed by atoms with Gasteiger partial charge in [-0.05, 0) is 29.7 Å². The normalized spacial score (nSPS) is 11.6. The number of rotatable bonds is 5. The molecule has 0 fully saturated rings. The summed E-state index contributed by atoms with van der Waals surface area (Å²) in [6.45, 7) is 4.28. The summed E-state index contributed by atoms with van der Waals surface area (Å²) >= 11 is 0. The van der Waals surface area contributed by atoms with Crippen molar-refractivity contribution in [2.24, 2.45) is 10.2 Å². The molecule has 25 heavy (non-hydrogen) atoms. The third kappa shape index (κ3) is 3.28. The fraction of sp³-hybridized carbons (Fsp3) is 0.263. The average Bonchev–Trinajstić information content (AvgIpc) is 2.93. The standard InChI is InChI=1S/C19H21N3O3/c1-11(2)12-5-7-13(8-6-12)21-22-18-14-9-16(24-3)17(25-4)10-15(14)20-19(18)23/h5-11,20,23H,1-4H3. The van der Waals surface area contributed by atoms with Crippen LogP contribution in [0.4, 0.5) is 11.4 Å². The van der Waals surface area contributed by atoms with Crippen molar-refractivity contribution in [2.75, 3.05) is 14.2 Å². The van der Waals surface area contributed by atoms with Gasteiger partial charge in [-0.25, -0.2) is 0 Å². The van der Waals surface area contributed by atoms with Crippen molar-refractivity contribution in [3.05, 3.63) is 42.0 Å². The highest BCUT2D eigenvalue weighted by Crippen LogP contribution is 2.41. The van der Waals surface area contributed by atoms with Gasteiger partial charge < -0.3 is 19.6 Å². The maximum absolute atomic E-state index is 10.2. The van der Waals surface area contributed by atoms with Gasteiger partial charge in [0.2, 0.25) is 5.88 Å². The van der Waals surface area contributed by atoms with Crippen LogP contribution in [0.25, 0.3) is 10.9 Å². The predicted molar refractivity (Wildman–Crippen MR) is 97.8 cm³/mol. The molecule has 0 aliphatic rings. The average molecular weight is 339 g/mol. The van der Waals surface area contributed by atoms with Crippen molar-refractivity contribution in [1.82, 2.24) is 4.98 Å². The molecule has 0 unspecified atom stereocenters. The smallest absolute Gasteiger partial charge is 0.218 e. The van der Waals surface area contributed by atoms with Crippen LogP contribution in [-0.2, 0) is 0 Å². The Balaban J connectivity index is 1.99. The Bertz CT molecular complexity index is 912. The largest absolute Gasteiger partial charge is 0.493 e. The molecular formula is C19H21N3O3. The van der Waals surface area contributed by atoms with E-state index in [0.29, 0.717) is 34.0 Å². The monoisotopic (exact) mass is 339 g/mol. The number of fused-ring (bicyclic) bond motifs is 1. The van der Waals surface area contributed by atoms with Gasteiger partial charge in [0.1, 0.15) is 0 Å². The zero-order valence-corrected chi connectivity index (χ0v) is 14.7. The van der Waals surface area contributed by atoms with E-state index in [9.17, 15) is 5.11 Å². The number of benzene rings is 2. The molecule has 3 aromatic rings. The summed E-state index contributed by atoms with van der Waals surface area (Å²) in [4.78, 5) is 2.88.